The Balaban J connectivity index is 2.08. The maximum absolute atomic E-state index is 7.07. The molecule has 2 heterocycles. The van der Waals surface area contributed by atoms with Crippen LogP contribution >= 0.6 is 15.9 Å². The van der Waals surface area contributed by atoms with Crippen LogP contribution in [-0.2, 0) is 6.54 Å². The zero-order valence-corrected chi connectivity index (χ0v) is 11.6. The van der Waals surface area contributed by atoms with Crippen molar-refractivity contribution in [1.82, 2.24) is 9.55 Å². The normalized spacial score (nSPS) is 10.5. The SMILES string of the molecule is [C-]#[N+]c1ccc2c(c1)c(Br)cn2Cc1cccnc1. The van der Waals surface area contributed by atoms with Gasteiger partial charge in [0.1, 0.15) is 0 Å². The van der Waals surface area contributed by atoms with Gasteiger partial charge in [0.05, 0.1) is 6.57 Å². The third-order valence-corrected chi connectivity index (χ3v) is 3.65. The molecule has 4 heteroatoms. The Morgan fingerprint density at radius 1 is 1.32 bits per heavy atom. The molecule has 0 amide bonds. The Bertz CT molecular complexity index is 769. The molecule has 0 bridgehead atoms. The minimum Gasteiger partial charge on any atom is -0.342 e. The van der Waals surface area contributed by atoms with Gasteiger partial charge < -0.3 is 4.57 Å². The summed E-state index contributed by atoms with van der Waals surface area (Å²) >= 11 is 3.56. The van der Waals surface area contributed by atoms with Crippen molar-refractivity contribution in [1.29, 1.82) is 0 Å². The van der Waals surface area contributed by atoms with E-state index in [9.17, 15) is 0 Å². The fourth-order valence-corrected chi connectivity index (χ4v) is 2.70. The highest BCUT2D eigenvalue weighted by Crippen LogP contribution is 2.30. The van der Waals surface area contributed by atoms with Gasteiger partial charge >= 0.3 is 0 Å². The minimum atomic E-state index is 0.660. The summed E-state index contributed by atoms with van der Waals surface area (Å²) in [5, 5.41) is 1.07. The van der Waals surface area contributed by atoms with E-state index in [2.05, 4.69) is 36.4 Å². The second-order valence-electron chi connectivity index (χ2n) is 4.28. The molecule has 2 aromatic heterocycles. The molecule has 92 valence electrons. The van der Waals surface area contributed by atoms with Crippen LogP contribution in [0.3, 0.4) is 0 Å². The van der Waals surface area contributed by atoms with Crippen LogP contribution in [0.25, 0.3) is 15.7 Å². The molecule has 3 rings (SSSR count). The first kappa shape index (κ1) is 11.9. The lowest BCUT2D eigenvalue weighted by Crippen LogP contribution is -1.97. The van der Waals surface area contributed by atoms with Crippen molar-refractivity contribution in [3.8, 4) is 0 Å². The molecule has 19 heavy (non-hydrogen) atoms. The molecule has 1 aromatic carbocycles. The van der Waals surface area contributed by atoms with Crippen LogP contribution < -0.4 is 0 Å². The number of aromatic nitrogens is 2. The monoisotopic (exact) mass is 311 g/mol. The zero-order valence-electron chi connectivity index (χ0n) is 10.0. The molecular formula is C15H10BrN3. The van der Waals surface area contributed by atoms with Gasteiger partial charge in [0, 0.05) is 40.5 Å². The van der Waals surface area contributed by atoms with Gasteiger partial charge in [0.15, 0.2) is 5.69 Å². The van der Waals surface area contributed by atoms with Crippen LogP contribution in [0.2, 0.25) is 0 Å². The summed E-state index contributed by atoms with van der Waals surface area (Å²) in [6, 6.07) is 9.74. The highest BCUT2D eigenvalue weighted by Gasteiger charge is 2.07. The molecule has 0 aliphatic rings. The van der Waals surface area contributed by atoms with Crippen LogP contribution in [0, 0.1) is 6.57 Å². The number of rotatable bonds is 2. The van der Waals surface area contributed by atoms with Gasteiger partial charge in [-0.25, -0.2) is 4.85 Å². The van der Waals surface area contributed by atoms with E-state index in [-0.39, 0.29) is 0 Å². The van der Waals surface area contributed by atoms with Crippen LogP contribution in [-0.4, -0.2) is 9.55 Å². The number of halogens is 1. The maximum atomic E-state index is 7.07. The van der Waals surface area contributed by atoms with Crippen LogP contribution in [0.15, 0.2) is 53.4 Å². The number of hydrogen-bond acceptors (Lipinski definition) is 1. The van der Waals surface area contributed by atoms with Crippen LogP contribution in [0.5, 0.6) is 0 Å². The second-order valence-corrected chi connectivity index (χ2v) is 5.13. The fourth-order valence-electron chi connectivity index (χ4n) is 2.13. The Labute approximate surface area is 119 Å². The highest BCUT2D eigenvalue weighted by molar-refractivity contribution is 9.10. The molecule has 0 radical (unpaired) electrons. The number of pyridine rings is 1. The van der Waals surface area contributed by atoms with Gasteiger partial charge in [0.25, 0.3) is 0 Å². The second kappa shape index (κ2) is 4.87. The van der Waals surface area contributed by atoms with Crippen LogP contribution in [0.1, 0.15) is 5.56 Å². The summed E-state index contributed by atoms with van der Waals surface area (Å²) < 4.78 is 3.17. The summed E-state index contributed by atoms with van der Waals surface area (Å²) in [5.74, 6) is 0. The topological polar surface area (TPSA) is 22.2 Å². The first-order valence-electron chi connectivity index (χ1n) is 5.82. The molecule has 0 N–H and O–H groups in total. The molecule has 0 unspecified atom stereocenters. The zero-order chi connectivity index (χ0) is 13.2. The number of hydrogen-bond donors (Lipinski definition) is 0. The molecule has 0 aliphatic heterocycles. The van der Waals surface area contributed by atoms with Gasteiger partial charge in [-0.3, -0.25) is 4.98 Å². The Morgan fingerprint density at radius 3 is 2.95 bits per heavy atom. The average molecular weight is 312 g/mol. The van der Waals surface area contributed by atoms with Gasteiger partial charge in [-0.15, -0.1) is 0 Å². The van der Waals surface area contributed by atoms with Gasteiger partial charge in [0.2, 0.25) is 0 Å². The molecule has 0 aliphatic carbocycles. The molecule has 3 aromatic rings. The third kappa shape index (κ3) is 2.25. The predicted molar refractivity (Wildman–Crippen MR) is 79.2 cm³/mol. The summed E-state index contributed by atoms with van der Waals surface area (Å²) in [7, 11) is 0. The lowest BCUT2D eigenvalue weighted by atomic mass is 10.2. The van der Waals surface area contributed by atoms with Crippen molar-refractivity contribution in [2.45, 2.75) is 6.54 Å². The van der Waals surface area contributed by atoms with Crippen molar-refractivity contribution >= 4 is 32.5 Å². The van der Waals surface area contributed by atoms with E-state index in [0.29, 0.717) is 5.69 Å². The molecular weight excluding hydrogens is 302 g/mol. The largest absolute Gasteiger partial charge is 0.342 e. The van der Waals surface area contributed by atoms with Gasteiger partial charge in [-0.1, -0.05) is 12.1 Å². The van der Waals surface area contributed by atoms with Gasteiger partial charge in [-0.2, -0.15) is 0 Å². The number of benzene rings is 1. The van der Waals surface area contributed by atoms with Gasteiger partial charge in [-0.05, 0) is 39.7 Å². The first-order chi connectivity index (χ1) is 9.28. The quantitative estimate of drug-likeness (QED) is 0.643. The molecule has 0 atom stereocenters. The number of fused-ring (bicyclic) bond motifs is 1. The Hall–Kier alpha value is -2.12. The Morgan fingerprint density at radius 2 is 2.21 bits per heavy atom. The summed E-state index contributed by atoms with van der Waals surface area (Å²) in [4.78, 5) is 7.60. The van der Waals surface area contributed by atoms with Crippen molar-refractivity contribution in [3.05, 3.63) is 70.4 Å². The highest BCUT2D eigenvalue weighted by atomic mass is 79.9. The third-order valence-electron chi connectivity index (χ3n) is 3.02. The maximum Gasteiger partial charge on any atom is 0.188 e. The van der Waals surface area contributed by atoms with Crippen molar-refractivity contribution in [3.63, 3.8) is 0 Å². The van der Waals surface area contributed by atoms with E-state index in [1.807, 2.05) is 36.7 Å². The Kier molecular flexibility index (Phi) is 3.06. The predicted octanol–water partition coefficient (Wildman–Crippen LogP) is 4.40. The lowest BCUT2D eigenvalue weighted by Gasteiger charge is -2.05. The summed E-state index contributed by atoms with van der Waals surface area (Å²) in [6.07, 6.45) is 5.69. The number of nitrogens with zero attached hydrogens (tertiary/aromatic N) is 3. The van der Waals surface area contributed by atoms with E-state index in [4.69, 9.17) is 6.57 Å². The van der Waals surface area contributed by atoms with Crippen molar-refractivity contribution in [2.75, 3.05) is 0 Å². The van der Waals surface area contributed by atoms with E-state index < -0.39 is 0 Å². The molecule has 0 saturated heterocycles. The van der Waals surface area contributed by atoms with E-state index in [1.165, 1.54) is 0 Å². The average Bonchev–Trinajstić information content (AvgIpc) is 2.76. The lowest BCUT2D eigenvalue weighted by molar-refractivity contribution is 0.830. The summed E-state index contributed by atoms with van der Waals surface area (Å²) in [5.41, 5.74) is 2.93. The van der Waals surface area contributed by atoms with E-state index in [0.717, 1.165) is 27.5 Å². The molecule has 3 nitrogen and oxygen atoms in total. The van der Waals surface area contributed by atoms with E-state index >= 15 is 0 Å². The standard InChI is InChI=1S/C15H10BrN3/c1-17-12-4-5-15-13(7-12)14(16)10-19(15)9-11-3-2-6-18-8-11/h2-8,10H,9H2. The van der Waals surface area contributed by atoms with Crippen LogP contribution in [0.4, 0.5) is 5.69 Å². The smallest absolute Gasteiger partial charge is 0.188 e. The van der Waals surface area contributed by atoms with Crippen molar-refractivity contribution < 1.29 is 0 Å². The molecule has 0 saturated carbocycles. The first-order valence-corrected chi connectivity index (χ1v) is 6.62. The molecule has 0 spiro atoms. The van der Waals surface area contributed by atoms with E-state index in [1.54, 1.807) is 6.20 Å². The minimum absolute atomic E-state index is 0.660. The summed E-state index contributed by atoms with van der Waals surface area (Å²) in [6.45, 7) is 7.84. The molecule has 0 fully saturated rings. The van der Waals surface area contributed by atoms with Crippen molar-refractivity contribution in [2.24, 2.45) is 0 Å². The fraction of sp³-hybridized carbons (Fsp3) is 0.0667.